The number of benzene rings is 1. The van der Waals surface area contributed by atoms with E-state index < -0.39 is 5.97 Å². The number of carboxylic acids is 1. The third-order valence-corrected chi connectivity index (χ3v) is 4.05. The number of piperidine rings is 1. The Morgan fingerprint density at radius 2 is 2.09 bits per heavy atom. The molecule has 0 spiro atoms. The number of nitrogens with one attached hydrogen (secondary N) is 1. The molecule has 5 heteroatoms. The van der Waals surface area contributed by atoms with Crippen LogP contribution < -0.4 is 5.32 Å². The fourth-order valence-electron chi connectivity index (χ4n) is 2.84. The zero-order valence-corrected chi connectivity index (χ0v) is 12.3. The second-order valence-corrected chi connectivity index (χ2v) is 5.69. The van der Waals surface area contributed by atoms with Gasteiger partial charge in [0, 0.05) is 11.3 Å². The summed E-state index contributed by atoms with van der Waals surface area (Å²) in [7, 11) is 0. The molecule has 1 aromatic carbocycles. The lowest BCUT2D eigenvalue weighted by Crippen LogP contribution is -2.31. The average molecular weight is 297 g/mol. The van der Waals surface area contributed by atoms with Crippen molar-refractivity contribution in [2.75, 3.05) is 13.1 Å². The van der Waals surface area contributed by atoms with Crippen molar-refractivity contribution in [1.82, 2.24) is 15.3 Å². The van der Waals surface area contributed by atoms with E-state index in [0.29, 0.717) is 5.92 Å². The van der Waals surface area contributed by atoms with Crippen molar-refractivity contribution in [3.05, 3.63) is 47.9 Å². The Morgan fingerprint density at radius 3 is 2.77 bits per heavy atom. The van der Waals surface area contributed by atoms with Gasteiger partial charge in [0.05, 0.1) is 11.3 Å². The summed E-state index contributed by atoms with van der Waals surface area (Å²) in [5.74, 6) is -0.286. The van der Waals surface area contributed by atoms with Crippen molar-refractivity contribution in [2.45, 2.75) is 19.3 Å². The number of carbonyl (C=O) groups is 1. The molecule has 1 aromatic heterocycles. The molecule has 1 fully saturated rings. The molecule has 1 aliphatic heterocycles. The quantitative estimate of drug-likeness (QED) is 0.906. The highest BCUT2D eigenvalue weighted by molar-refractivity contribution is 5.88. The van der Waals surface area contributed by atoms with E-state index in [4.69, 9.17) is 5.11 Å². The van der Waals surface area contributed by atoms with Gasteiger partial charge in [-0.25, -0.2) is 14.8 Å². The molecule has 1 saturated heterocycles. The molecule has 0 unspecified atom stereocenters. The monoisotopic (exact) mass is 297 g/mol. The fourth-order valence-corrected chi connectivity index (χ4v) is 2.84. The van der Waals surface area contributed by atoms with Crippen LogP contribution in [0.5, 0.6) is 0 Å². The van der Waals surface area contributed by atoms with Crippen LogP contribution in [0.25, 0.3) is 11.3 Å². The van der Waals surface area contributed by atoms with Gasteiger partial charge in [0.1, 0.15) is 6.33 Å². The molecule has 3 rings (SSSR count). The Bertz CT molecular complexity index is 649. The van der Waals surface area contributed by atoms with Crippen molar-refractivity contribution >= 4 is 5.97 Å². The van der Waals surface area contributed by atoms with Gasteiger partial charge in [0.15, 0.2) is 0 Å². The minimum Gasteiger partial charge on any atom is -0.478 e. The third kappa shape index (κ3) is 3.49. The van der Waals surface area contributed by atoms with Gasteiger partial charge in [-0.1, -0.05) is 12.1 Å². The molecule has 114 valence electrons. The highest BCUT2D eigenvalue weighted by Crippen LogP contribution is 2.20. The molecule has 22 heavy (non-hydrogen) atoms. The van der Waals surface area contributed by atoms with E-state index in [1.54, 1.807) is 30.6 Å². The molecule has 0 bridgehead atoms. The lowest BCUT2D eigenvalue weighted by Gasteiger charge is -2.22. The number of aromatic nitrogens is 2. The Kier molecular flexibility index (Phi) is 4.44. The molecule has 0 amide bonds. The number of aromatic carboxylic acids is 1. The van der Waals surface area contributed by atoms with Crippen LogP contribution in [0.2, 0.25) is 0 Å². The van der Waals surface area contributed by atoms with Crippen LogP contribution in [-0.2, 0) is 6.42 Å². The van der Waals surface area contributed by atoms with Gasteiger partial charge in [0.2, 0.25) is 0 Å². The molecule has 0 aliphatic carbocycles. The van der Waals surface area contributed by atoms with Gasteiger partial charge in [-0.05, 0) is 56.5 Å². The lowest BCUT2D eigenvalue weighted by molar-refractivity contribution is 0.0697. The zero-order valence-electron chi connectivity index (χ0n) is 12.3. The number of nitrogens with zero attached hydrogens (tertiary/aromatic N) is 2. The molecular weight excluding hydrogens is 278 g/mol. The first kappa shape index (κ1) is 14.7. The van der Waals surface area contributed by atoms with Crippen molar-refractivity contribution in [3.63, 3.8) is 0 Å². The Balaban J connectivity index is 1.76. The third-order valence-electron chi connectivity index (χ3n) is 4.05. The first-order chi connectivity index (χ1) is 10.7. The molecule has 1 atom stereocenters. The van der Waals surface area contributed by atoms with E-state index in [1.807, 2.05) is 6.07 Å². The van der Waals surface area contributed by atoms with E-state index in [2.05, 4.69) is 15.3 Å². The Labute approximate surface area is 129 Å². The molecule has 5 nitrogen and oxygen atoms in total. The van der Waals surface area contributed by atoms with Gasteiger partial charge < -0.3 is 10.4 Å². The predicted molar refractivity (Wildman–Crippen MR) is 83.7 cm³/mol. The average Bonchev–Trinajstić information content (AvgIpc) is 2.56. The van der Waals surface area contributed by atoms with Crippen molar-refractivity contribution in [2.24, 2.45) is 5.92 Å². The summed E-state index contributed by atoms with van der Waals surface area (Å²) in [6, 6.07) is 8.79. The minimum absolute atomic E-state index is 0.284. The van der Waals surface area contributed by atoms with E-state index in [1.165, 1.54) is 12.8 Å². The fraction of sp³-hybridized carbons (Fsp3) is 0.353. The lowest BCUT2D eigenvalue weighted by atomic mass is 9.94. The number of carboxylic acid groups (broad SMARTS) is 1. The van der Waals surface area contributed by atoms with Crippen LogP contribution in [0.1, 0.15) is 28.9 Å². The van der Waals surface area contributed by atoms with Crippen molar-refractivity contribution in [3.8, 4) is 11.3 Å². The maximum Gasteiger partial charge on any atom is 0.335 e. The Hall–Kier alpha value is -2.27. The summed E-state index contributed by atoms with van der Waals surface area (Å²) in [5.41, 5.74) is 3.08. The molecule has 2 heterocycles. The van der Waals surface area contributed by atoms with Gasteiger partial charge in [-0.3, -0.25) is 0 Å². The van der Waals surface area contributed by atoms with Crippen LogP contribution >= 0.6 is 0 Å². The van der Waals surface area contributed by atoms with Gasteiger partial charge in [-0.2, -0.15) is 0 Å². The van der Waals surface area contributed by atoms with E-state index in [0.717, 1.165) is 36.5 Å². The summed E-state index contributed by atoms with van der Waals surface area (Å²) in [4.78, 5) is 19.6. The highest BCUT2D eigenvalue weighted by atomic mass is 16.4. The van der Waals surface area contributed by atoms with Crippen LogP contribution in [0, 0.1) is 5.92 Å². The predicted octanol–water partition coefficient (Wildman–Crippen LogP) is 2.38. The van der Waals surface area contributed by atoms with Gasteiger partial charge >= 0.3 is 5.97 Å². The molecule has 2 N–H and O–H groups in total. The molecular formula is C17H19N3O2. The Morgan fingerprint density at radius 1 is 1.27 bits per heavy atom. The normalized spacial score (nSPS) is 18.1. The zero-order chi connectivity index (χ0) is 15.4. The number of rotatable bonds is 4. The SMILES string of the molecule is O=C(O)c1ccc(-c2cc(C[C@@H]3CCCNC3)ncn2)cc1. The molecule has 2 aromatic rings. The standard InChI is InChI=1S/C17H19N3O2/c21-17(22)14-5-3-13(4-6-14)16-9-15(19-11-20-16)8-12-2-1-7-18-10-12/h3-6,9,11-12,18H,1-2,7-8,10H2,(H,21,22)/t12-/m0/s1. The van der Waals surface area contributed by atoms with Crippen molar-refractivity contribution < 1.29 is 9.90 Å². The first-order valence-corrected chi connectivity index (χ1v) is 7.58. The van der Waals surface area contributed by atoms with Crippen LogP contribution in [-0.4, -0.2) is 34.1 Å². The molecule has 0 radical (unpaired) electrons. The van der Waals surface area contributed by atoms with Gasteiger partial charge in [0.25, 0.3) is 0 Å². The second-order valence-electron chi connectivity index (χ2n) is 5.69. The first-order valence-electron chi connectivity index (χ1n) is 7.58. The number of hydrogen-bond donors (Lipinski definition) is 2. The van der Waals surface area contributed by atoms with Crippen LogP contribution in [0.3, 0.4) is 0 Å². The summed E-state index contributed by atoms with van der Waals surface area (Å²) >= 11 is 0. The minimum atomic E-state index is -0.917. The summed E-state index contributed by atoms with van der Waals surface area (Å²) in [5, 5.41) is 12.4. The number of hydrogen-bond acceptors (Lipinski definition) is 4. The molecule has 1 aliphatic rings. The topological polar surface area (TPSA) is 75.1 Å². The summed E-state index contributed by atoms with van der Waals surface area (Å²) < 4.78 is 0. The molecule has 0 saturated carbocycles. The maximum absolute atomic E-state index is 10.9. The van der Waals surface area contributed by atoms with E-state index in [-0.39, 0.29) is 5.56 Å². The highest BCUT2D eigenvalue weighted by Gasteiger charge is 2.14. The van der Waals surface area contributed by atoms with Gasteiger partial charge in [-0.15, -0.1) is 0 Å². The summed E-state index contributed by atoms with van der Waals surface area (Å²) in [6.45, 7) is 2.16. The van der Waals surface area contributed by atoms with E-state index >= 15 is 0 Å². The van der Waals surface area contributed by atoms with E-state index in [9.17, 15) is 4.79 Å². The van der Waals surface area contributed by atoms with Crippen molar-refractivity contribution in [1.29, 1.82) is 0 Å². The maximum atomic E-state index is 10.9. The van der Waals surface area contributed by atoms with Crippen LogP contribution in [0.15, 0.2) is 36.7 Å². The smallest absolute Gasteiger partial charge is 0.335 e. The van der Waals surface area contributed by atoms with Crippen LogP contribution in [0.4, 0.5) is 0 Å². The second kappa shape index (κ2) is 6.66. The summed E-state index contributed by atoms with van der Waals surface area (Å²) in [6.07, 6.45) is 5.00. The largest absolute Gasteiger partial charge is 0.478 e.